The largest absolute Gasteiger partial charge is 0.310 e. The molecule has 0 saturated heterocycles. The van der Waals surface area contributed by atoms with Crippen LogP contribution in [0.2, 0.25) is 0 Å². The van der Waals surface area contributed by atoms with Gasteiger partial charge in [0.05, 0.1) is 5.69 Å². The summed E-state index contributed by atoms with van der Waals surface area (Å²) in [5.74, 6) is -0.0794. The van der Waals surface area contributed by atoms with E-state index in [9.17, 15) is 4.79 Å². The van der Waals surface area contributed by atoms with Gasteiger partial charge in [-0.2, -0.15) is 0 Å². The summed E-state index contributed by atoms with van der Waals surface area (Å²) in [6.45, 7) is 1.85. The number of halogens is 1. The third kappa shape index (κ3) is 2.45. The molecule has 5 heteroatoms. The van der Waals surface area contributed by atoms with Crippen molar-refractivity contribution < 1.29 is 4.79 Å². The molecule has 2 aromatic heterocycles. The normalized spacial score (nSPS) is 10.8. The number of carbonyl (C=O) groups excluding carboxylic acids is 1. The van der Waals surface area contributed by atoms with Crippen LogP contribution < -0.4 is 4.90 Å². The molecule has 3 rings (SSSR count). The Morgan fingerprint density at radius 2 is 1.90 bits per heavy atom. The molecule has 0 saturated carbocycles. The monoisotopic (exact) mass is 343 g/mol. The zero-order valence-corrected chi connectivity index (χ0v) is 13.3. The molecule has 0 aliphatic rings. The second kappa shape index (κ2) is 5.33. The molecule has 0 spiro atoms. The third-order valence-electron chi connectivity index (χ3n) is 3.41. The molecule has 1 amide bonds. The van der Waals surface area contributed by atoms with Gasteiger partial charge in [-0.05, 0) is 47.1 Å². The first-order valence-corrected chi connectivity index (χ1v) is 7.34. The number of pyridine rings is 1. The van der Waals surface area contributed by atoms with Crippen LogP contribution in [0.1, 0.15) is 16.2 Å². The summed E-state index contributed by atoms with van der Waals surface area (Å²) < 4.78 is 2.73. The van der Waals surface area contributed by atoms with Gasteiger partial charge in [-0.15, -0.1) is 0 Å². The van der Waals surface area contributed by atoms with Gasteiger partial charge in [0, 0.05) is 23.4 Å². The van der Waals surface area contributed by atoms with Crippen LogP contribution >= 0.6 is 15.9 Å². The van der Waals surface area contributed by atoms with Crippen molar-refractivity contribution in [2.45, 2.75) is 6.92 Å². The molecule has 0 fully saturated rings. The highest BCUT2D eigenvalue weighted by atomic mass is 79.9. The third-order valence-corrected chi connectivity index (χ3v) is 3.88. The van der Waals surface area contributed by atoms with Gasteiger partial charge in [0.1, 0.15) is 11.3 Å². The Bertz CT molecular complexity index is 811. The van der Waals surface area contributed by atoms with Crippen molar-refractivity contribution in [3.8, 4) is 0 Å². The van der Waals surface area contributed by atoms with E-state index >= 15 is 0 Å². The van der Waals surface area contributed by atoms with Gasteiger partial charge in [0.25, 0.3) is 5.91 Å². The maximum Gasteiger partial charge on any atom is 0.276 e. The lowest BCUT2D eigenvalue weighted by molar-refractivity contribution is 0.0987. The van der Waals surface area contributed by atoms with Crippen LogP contribution in [0.5, 0.6) is 0 Å². The number of hydrogen-bond donors (Lipinski definition) is 0. The van der Waals surface area contributed by atoms with Gasteiger partial charge in [-0.1, -0.05) is 18.2 Å². The van der Waals surface area contributed by atoms with Gasteiger partial charge in [0.15, 0.2) is 0 Å². The number of imidazole rings is 1. The van der Waals surface area contributed by atoms with Crippen LogP contribution in [-0.2, 0) is 0 Å². The van der Waals surface area contributed by atoms with E-state index in [1.807, 2.05) is 60.0 Å². The van der Waals surface area contributed by atoms with Crippen molar-refractivity contribution in [3.05, 3.63) is 64.5 Å². The van der Waals surface area contributed by atoms with Gasteiger partial charge in [-0.3, -0.25) is 9.20 Å². The van der Waals surface area contributed by atoms with E-state index in [1.165, 1.54) is 0 Å². The van der Waals surface area contributed by atoms with Crippen LogP contribution in [0.15, 0.2) is 53.1 Å². The van der Waals surface area contributed by atoms with E-state index < -0.39 is 0 Å². The summed E-state index contributed by atoms with van der Waals surface area (Å²) >= 11 is 3.43. The Balaban J connectivity index is 2.09. The number of carbonyl (C=O) groups is 1. The van der Waals surface area contributed by atoms with Gasteiger partial charge in [0.2, 0.25) is 0 Å². The van der Waals surface area contributed by atoms with E-state index in [4.69, 9.17) is 0 Å². The minimum Gasteiger partial charge on any atom is -0.310 e. The van der Waals surface area contributed by atoms with Crippen molar-refractivity contribution in [3.63, 3.8) is 0 Å². The summed E-state index contributed by atoms with van der Waals surface area (Å²) in [6, 6.07) is 13.4. The smallest absolute Gasteiger partial charge is 0.276 e. The molecule has 0 radical (unpaired) electrons. The minimum atomic E-state index is -0.0794. The number of fused-ring (bicyclic) bond motifs is 1. The maximum absolute atomic E-state index is 12.8. The van der Waals surface area contributed by atoms with E-state index in [-0.39, 0.29) is 5.91 Å². The fourth-order valence-electron chi connectivity index (χ4n) is 2.32. The van der Waals surface area contributed by atoms with Gasteiger partial charge < -0.3 is 4.90 Å². The first-order valence-electron chi connectivity index (χ1n) is 6.55. The van der Waals surface area contributed by atoms with E-state index in [1.54, 1.807) is 11.9 Å². The molecule has 0 unspecified atom stereocenters. The highest BCUT2D eigenvalue weighted by molar-refractivity contribution is 9.10. The van der Waals surface area contributed by atoms with Gasteiger partial charge in [-0.25, -0.2) is 4.98 Å². The first-order chi connectivity index (χ1) is 10.1. The van der Waals surface area contributed by atoms with Crippen molar-refractivity contribution in [2.24, 2.45) is 0 Å². The molecule has 106 valence electrons. The minimum absolute atomic E-state index is 0.0794. The van der Waals surface area contributed by atoms with E-state index in [0.717, 1.165) is 21.5 Å². The molecule has 2 heterocycles. The maximum atomic E-state index is 12.8. The number of anilines is 1. The Kier molecular flexibility index (Phi) is 3.51. The Morgan fingerprint density at radius 3 is 2.62 bits per heavy atom. The second-order valence-electron chi connectivity index (χ2n) is 4.82. The van der Waals surface area contributed by atoms with Crippen LogP contribution in [-0.4, -0.2) is 22.3 Å². The van der Waals surface area contributed by atoms with Gasteiger partial charge >= 0.3 is 0 Å². The molecule has 0 aliphatic heterocycles. The number of benzene rings is 1. The summed E-state index contributed by atoms with van der Waals surface area (Å²) in [4.78, 5) is 18.9. The Hall–Kier alpha value is -2.14. The van der Waals surface area contributed by atoms with Crippen molar-refractivity contribution in [2.75, 3.05) is 11.9 Å². The van der Waals surface area contributed by atoms with Crippen LogP contribution in [0.4, 0.5) is 5.69 Å². The molecule has 0 aliphatic carbocycles. The fraction of sp³-hybridized carbons (Fsp3) is 0.125. The van der Waals surface area contributed by atoms with Crippen molar-refractivity contribution in [1.29, 1.82) is 0 Å². The lowest BCUT2D eigenvalue weighted by atomic mass is 10.2. The van der Waals surface area contributed by atoms with Crippen molar-refractivity contribution in [1.82, 2.24) is 9.38 Å². The molecule has 3 aromatic rings. The number of amides is 1. The number of aromatic nitrogens is 2. The standard InChI is InChI=1S/C16H14BrN3O/c1-11-15(20-10-12(17)8-9-14(20)18-11)16(21)19(2)13-6-4-3-5-7-13/h3-10H,1-2H3. The number of nitrogens with zero attached hydrogens (tertiary/aromatic N) is 3. The fourth-order valence-corrected chi connectivity index (χ4v) is 2.66. The highest BCUT2D eigenvalue weighted by Gasteiger charge is 2.21. The average Bonchev–Trinajstić information content (AvgIpc) is 2.82. The first kappa shape index (κ1) is 13.8. The number of para-hydroxylation sites is 1. The predicted molar refractivity (Wildman–Crippen MR) is 86.8 cm³/mol. The molecule has 0 N–H and O–H groups in total. The molecule has 0 bridgehead atoms. The number of rotatable bonds is 2. The Labute approximate surface area is 131 Å². The average molecular weight is 344 g/mol. The molecule has 4 nitrogen and oxygen atoms in total. The topological polar surface area (TPSA) is 37.6 Å². The summed E-state index contributed by atoms with van der Waals surface area (Å²) in [5, 5.41) is 0. The lowest BCUT2D eigenvalue weighted by Crippen LogP contribution is -2.28. The van der Waals surface area contributed by atoms with Crippen molar-refractivity contribution >= 4 is 33.2 Å². The zero-order valence-electron chi connectivity index (χ0n) is 11.7. The molecular weight excluding hydrogens is 330 g/mol. The lowest BCUT2D eigenvalue weighted by Gasteiger charge is -2.17. The summed E-state index contributed by atoms with van der Waals surface area (Å²) in [7, 11) is 1.77. The summed E-state index contributed by atoms with van der Waals surface area (Å²) in [6.07, 6.45) is 1.86. The zero-order chi connectivity index (χ0) is 15.0. The SMILES string of the molecule is Cc1nc2ccc(Br)cn2c1C(=O)N(C)c1ccccc1. The molecular formula is C16H14BrN3O. The second-order valence-corrected chi connectivity index (χ2v) is 5.74. The molecule has 21 heavy (non-hydrogen) atoms. The van der Waals surface area contributed by atoms with E-state index in [0.29, 0.717) is 5.69 Å². The quantitative estimate of drug-likeness (QED) is 0.711. The molecule has 0 atom stereocenters. The highest BCUT2D eigenvalue weighted by Crippen LogP contribution is 2.20. The number of hydrogen-bond acceptors (Lipinski definition) is 2. The molecule has 1 aromatic carbocycles. The summed E-state index contributed by atoms with van der Waals surface area (Å²) in [5.41, 5.74) is 2.92. The van der Waals surface area contributed by atoms with E-state index in [2.05, 4.69) is 20.9 Å². The van der Waals surface area contributed by atoms with Crippen LogP contribution in [0.3, 0.4) is 0 Å². The predicted octanol–water partition coefficient (Wildman–Crippen LogP) is 3.68. The number of aryl methyl sites for hydroxylation is 1. The van der Waals surface area contributed by atoms with Crippen LogP contribution in [0.25, 0.3) is 5.65 Å². The van der Waals surface area contributed by atoms with Crippen LogP contribution in [0, 0.1) is 6.92 Å². The Morgan fingerprint density at radius 1 is 1.19 bits per heavy atom.